The molecule has 2 aromatic rings. The highest BCUT2D eigenvalue weighted by Gasteiger charge is 2.07. The summed E-state index contributed by atoms with van der Waals surface area (Å²) in [6.45, 7) is 6.84. The maximum atomic E-state index is 11.9. The minimum absolute atomic E-state index is 0.00440. The maximum Gasteiger partial charge on any atom is 0.258 e. The van der Waals surface area contributed by atoms with Gasteiger partial charge >= 0.3 is 0 Å². The van der Waals surface area contributed by atoms with Gasteiger partial charge in [-0.15, -0.1) is 0 Å². The van der Waals surface area contributed by atoms with Crippen LogP contribution in [0.1, 0.15) is 36.5 Å². The molecular formula is C20H25NO3. The Hall–Kier alpha value is -2.49. The molecule has 0 aliphatic rings. The Morgan fingerprint density at radius 1 is 1.12 bits per heavy atom. The van der Waals surface area contributed by atoms with Crippen LogP contribution in [0.25, 0.3) is 0 Å². The lowest BCUT2D eigenvalue weighted by molar-refractivity contribution is -0.123. The summed E-state index contributed by atoms with van der Waals surface area (Å²) in [6, 6.07) is 13.6. The van der Waals surface area contributed by atoms with Crippen LogP contribution >= 0.6 is 0 Å². The van der Waals surface area contributed by atoms with E-state index in [-0.39, 0.29) is 12.5 Å². The second-order valence-electron chi connectivity index (χ2n) is 6.09. The van der Waals surface area contributed by atoms with Gasteiger partial charge in [0.1, 0.15) is 11.5 Å². The van der Waals surface area contributed by atoms with Crippen LogP contribution in [0.15, 0.2) is 42.5 Å². The lowest BCUT2D eigenvalue weighted by Gasteiger charge is -2.12. The van der Waals surface area contributed by atoms with E-state index in [0.29, 0.717) is 18.2 Å². The Labute approximate surface area is 143 Å². The molecule has 1 N–H and O–H groups in total. The quantitative estimate of drug-likeness (QED) is 0.841. The third-order valence-electron chi connectivity index (χ3n) is 3.86. The summed E-state index contributed by atoms with van der Waals surface area (Å²) in [7, 11) is 1.62. The van der Waals surface area contributed by atoms with E-state index < -0.39 is 0 Å². The van der Waals surface area contributed by atoms with Crippen molar-refractivity contribution in [1.29, 1.82) is 0 Å². The first kappa shape index (κ1) is 17.9. The van der Waals surface area contributed by atoms with Crippen molar-refractivity contribution in [3.05, 3.63) is 59.2 Å². The van der Waals surface area contributed by atoms with Gasteiger partial charge in [0.15, 0.2) is 6.61 Å². The molecule has 0 atom stereocenters. The van der Waals surface area contributed by atoms with E-state index in [9.17, 15) is 4.79 Å². The summed E-state index contributed by atoms with van der Waals surface area (Å²) in [4.78, 5) is 11.9. The predicted molar refractivity (Wildman–Crippen MR) is 95.6 cm³/mol. The van der Waals surface area contributed by atoms with Crippen molar-refractivity contribution in [2.75, 3.05) is 13.7 Å². The minimum atomic E-state index is -0.150. The number of nitrogens with one attached hydrogen (secondary N) is 1. The van der Waals surface area contributed by atoms with E-state index in [1.54, 1.807) is 7.11 Å². The molecule has 0 heterocycles. The van der Waals surface area contributed by atoms with E-state index in [2.05, 4.69) is 32.2 Å². The molecule has 0 aliphatic heterocycles. The van der Waals surface area contributed by atoms with Crippen molar-refractivity contribution in [3.63, 3.8) is 0 Å². The highest BCUT2D eigenvalue weighted by molar-refractivity contribution is 5.77. The van der Waals surface area contributed by atoms with Gasteiger partial charge in [0.05, 0.1) is 7.11 Å². The molecular weight excluding hydrogens is 302 g/mol. The van der Waals surface area contributed by atoms with Crippen molar-refractivity contribution >= 4 is 5.91 Å². The highest BCUT2D eigenvalue weighted by Crippen LogP contribution is 2.23. The Balaban J connectivity index is 1.83. The average Bonchev–Trinajstić information content (AvgIpc) is 2.58. The van der Waals surface area contributed by atoms with Gasteiger partial charge in [0.25, 0.3) is 5.91 Å². The number of hydrogen-bond donors (Lipinski definition) is 1. The van der Waals surface area contributed by atoms with Crippen LogP contribution in [-0.4, -0.2) is 19.6 Å². The lowest BCUT2D eigenvalue weighted by Crippen LogP contribution is -2.28. The maximum absolute atomic E-state index is 11.9. The molecule has 4 heteroatoms. The highest BCUT2D eigenvalue weighted by atomic mass is 16.5. The fourth-order valence-corrected chi connectivity index (χ4v) is 2.57. The number of methoxy groups -OCH3 is 1. The van der Waals surface area contributed by atoms with Gasteiger partial charge < -0.3 is 14.8 Å². The molecule has 0 fully saturated rings. The van der Waals surface area contributed by atoms with Gasteiger partial charge in [-0.05, 0) is 53.8 Å². The number of benzene rings is 2. The van der Waals surface area contributed by atoms with Crippen LogP contribution in [-0.2, 0) is 11.3 Å². The molecule has 24 heavy (non-hydrogen) atoms. The molecule has 1 amide bonds. The first-order chi connectivity index (χ1) is 11.5. The summed E-state index contributed by atoms with van der Waals surface area (Å²) in [5.41, 5.74) is 3.46. The number of ether oxygens (including phenoxy) is 2. The van der Waals surface area contributed by atoms with Crippen LogP contribution in [0.5, 0.6) is 11.5 Å². The Morgan fingerprint density at radius 2 is 1.92 bits per heavy atom. The summed E-state index contributed by atoms with van der Waals surface area (Å²) in [5.74, 6) is 1.82. The zero-order valence-corrected chi connectivity index (χ0v) is 14.8. The summed E-state index contributed by atoms with van der Waals surface area (Å²) in [6.07, 6.45) is 0. The Bertz CT molecular complexity index is 695. The van der Waals surface area contributed by atoms with E-state index in [4.69, 9.17) is 9.47 Å². The van der Waals surface area contributed by atoms with Gasteiger partial charge in [0, 0.05) is 6.54 Å². The number of amides is 1. The first-order valence-electron chi connectivity index (χ1n) is 8.12. The van der Waals surface area contributed by atoms with E-state index in [0.717, 1.165) is 11.3 Å². The first-order valence-corrected chi connectivity index (χ1v) is 8.12. The summed E-state index contributed by atoms with van der Waals surface area (Å²) >= 11 is 0. The van der Waals surface area contributed by atoms with Gasteiger partial charge in [-0.1, -0.05) is 32.0 Å². The molecule has 0 aliphatic carbocycles. The van der Waals surface area contributed by atoms with Crippen molar-refractivity contribution in [1.82, 2.24) is 5.32 Å². The second-order valence-corrected chi connectivity index (χ2v) is 6.09. The Morgan fingerprint density at radius 3 is 2.58 bits per heavy atom. The molecule has 0 radical (unpaired) electrons. The lowest BCUT2D eigenvalue weighted by atomic mass is 9.98. The molecule has 4 nitrogen and oxygen atoms in total. The third-order valence-corrected chi connectivity index (χ3v) is 3.86. The molecule has 2 aromatic carbocycles. The standard InChI is InChI=1S/C20H25NO3/c1-14(2)19-9-8-18(10-15(19)3)24-13-20(22)21-12-16-6-5-7-17(11-16)23-4/h5-11,14H,12-13H2,1-4H3,(H,21,22). The molecule has 0 unspecified atom stereocenters. The fourth-order valence-electron chi connectivity index (χ4n) is 2.57. The molecule has 2 rings (SSSR count). The zero-order valence-electron chi connectivity index (χ0n) is 14.8. The zero-order chi connectivity index (χ0) is 17.5. The van der Waals surface area contributed by atoms with Gasteiger partial charge in [-0.2, -0.15) is 0 Å². The SMILES string of the molecule is COc1cccc(CNC(=O)COc2ccc(C(C)C)c(C)c2)c1. The van der Waals surface area contributed by atoms with E-state index in [1.807, 2.05) is 36.4 Å². The molecule has 0 aromatic heterocycles. The third kappa shape index (κ3) is 5.01. The number of carbonyl (C=O) groups is 1. The van der Waals surface area contributed by atoms with Gasteiger partial charge in [0.2, 0.25) is 0 Å². The van der Waals surface area contributed by atoms with Crippen LogP contribution in [0.2, 0.25) is 0 Å². The topological polar surface area (TPSA) is 47.6 Å². The number of carbonyl (C=O) groups excluding carboxylic acids is 1. The average molecular weight is 327 g/mol. The van der Waals surface area contributed by atoms with Crippen molar-refractivity contribution in [2.24, 2.45) is 0 Å². The molecule has 0 saturated heterocycles. The monoisotopic (exact) mass is 327 g/mol. The molecule has 128 valence electrons. The molecule has 0 saturated carbocycles. The van der Waals surface area contributed by atoms with E-state index >= 15 is 0 Å². The van der Waals surface area contributed by atoms with Crippen molar-refractivity contribution < 1.29 is 14.3 Å². The van der Waals surface area contributed by atoms with Gasteiger partial charge in [-0.3, -0.25) is 4.79 Å². The summed E-state index contributed by atoms with van der Waals surface area (Å²) in [5, 5.41) is 2.85. The fraction of sp³-hybridized carbons (Fsp3) is 0.350. The van der Waals surface area contributed by atoms with E-state index in [1.165, 1.54) is 11.1 Å². The van der Waals surface area contributed by atoms with Crippen LogP contribution in [0.4, 0.5) is 0 Å². The number of rotatable bonds is 7. The molecule has 0 spiro atoms. The normalized spacial score (nSPS) is 10.5. The minimum Gasteiger partial charge on any atom is -0.497 e. The van der Waals surface area contributed by atoms with Gasteiger partial charge in [-0.25, -0.2) is 0 Å². The van der Waals surface area contributed by atoms with Crippen LogP contribution in [0.3, 0.4) is 0 Å². The van der Waals surface area contributed by atoms with Crippen molar-refractivity contribution in [3.8, 4) is 11.5 Å². The smallest absolute Gasteiger partial charge is 0.258 e. The van der Waals surface area contributed by atoms with Crippen LogP contribution < -0.4 is 14.8 Å². The number of hydrogen-bond acceptors (Lipinski definition) is 3. The largest absolute Gasteiger partial charge is 0.497 e. The van der Waals surface area contributed by atoms with Crippen molar-refractivity contribution in [2.45, 2.75) is 33.2 Å². The summed E-state index contributed by atoms with van der Waals surface area (Å²) < 4.78 is 10.7. The second kappa shape index (κ2) is 8.39. The number of aryl methyl sites for hydroxylation is 1. The molecule has 0 bridgehead atoms. The predicted octanol–water partition coefficient (Wildman–Crippen LogP) is 3.82. The van der Waals surface area contributed by atoms with Crippen LogP contribution in [0, 0.1) is 6.92 Å². The Kier molecular flexibility index (Phi) is 6.24.